The molecule has 0 saturated carbocycles. The number of nitrogens with zero attached hydrogens (tertiary/aromatic N) is 2. The van der Waals surface area contributed by atoms with Crippen LogP contribution in [0.5, 0.6) is 0 Å². The van der Waals surface area contributed by atoms with Crippen molar-refractivity contribution in [3.8, 4) is 39.1 Å². The molecular weight excluding hydrogens is 757 g/mol. The fourth-order valence-corrected chi connectivity index (χ4v) is 10.3. The van der Waals surface area contributed by atoms with Crippen LogP contribution >= 0.6 is 11.3 Å². The van der Waals surface area contributed by atoms with Crippen LogP contribution in [-0.4, -0.2) is 4.57 Å². The van der Waals surface area contributed by atoms with E-state index in [1.165, 1.54) is 86.1 Å². The SMILES string of the molecule is c1ccc(-c2ccc(N(c3ccc(-c4ccc5sc6ccccc6c5c4)cc3)c3ccc(-c4ccc5c6ccc7ccccc7c6n(-c6ccccc6)c5c4)cc3)cc2)cc1. The van der Waals surface area contributed by atoms with Crippen LogP contribution in [0.15, 0.2) is 231 Å². The Hall–Kier alpha value is -7.72. The van der Waals surface area contributed by atoms with Gasteiger partial charge in [-0.25, -0.2) is 0 Å². The first kappa shape index (κ1) is 35.2. The van der Waals surface area contributed by atoms with Crippen molar-refractivity contribution < 1.29 is 0 Å². The molecule has 12 rings (SSSR count). The fourth-order valence-electron chi connectivity index (χ4n) is 9.20. The Balaban J connectivity index is 0.943. The van der Waals surface area contributed by atoms with Crippen LogP contribution < -0.4 is 4.90 Å². The summed E-state index contributed by atoms with van der Waals surface area (Å²) in [6.07, 6.45) is 0. The van der Waals surface area contributed by atoms with Crippen molar-refractivity contribution in [3.05, 3.63) is 231 Å². The number of hydrogen-bond acceptors (Lipinski definition) is 2. The number of anilines is 3. The van der Waals surface area contributed by atoms with Crippen LogP contribution in [0, 0.1) is 0 Å². The lowest BCUT2D eigenvalue weighted by Gasteiger charge is -2.26. The van der Waals surface area contributed by atoms with Crippen molar-refractivity contribution in [2.24, 2.45) is 0 Å². The van der Waals surface area contributed by atoms with Gasteiger partial charge < -0.3 is 9.47 Å². The van der Waals surface area contributed by atoms with Gasteiger partial charge in [-0.2, -0.15) is 0 Å². The number of para-hydroxylation sites is 1. The summed E-state index contributed by atoms with van der Waals surface area (Å²) in [4.78, 5) is 2.36. The molecule has 2 heterocycles. The Bertz CT molecular complexity index is 3550. The van der Waals surface area contributed by atoms with E-state index in [1.54, 1.807) is 0 Å². The molecule has 61 heavy (non-hydrogen) atoms. The predicted molar refractivity (Wildman–Crippen MR) is 262 cm³/mol. The van der Waals surface area contributed by atoms with Gasteiger partial charge >= 0.3 is 0 Å². The fraction of sp³-hybridized carbons (Fsp3) is 0. The number of fused-ring (bicyclic) bond motifs is 8. The highest BCUT2D eigenvalue weighted by Gasteiger charge is 2.18. The first-order valence-corrected chi connectivity index (χ1v) is 21.6. The van der Waals surface area contributed by atoms with Crippen LogP contribution in [0.1, 0.15) is 0 Å². The van der Waals surface area contributed by atoms with E-state index in [-0.39, 0.29) is 0 Å². The van der Waals surface area contributed by atoms with Crippen LogP contribution in [-0.2, 0) is 0 Å². The molecule has 0 atom stereocenters. The highest BCUT2D eigenvalue weighted by molar-refractivity contribution is 7.25. The molecule has 0 saturated heterocycles. The van der Waals surface area contributed by atoms with Crippen LogP contribution in [0.25, 0.3) is 91.8 Å². The Kier molecular flexibility index (Phi) is 8.39. The molecular formula is C58H38N2S. The van der Waals surface area contributed by atoms with Gasteiger partial charge in [0.25, 0.3) is 0 Å². The summed E-state index contributed by atoms with van der Waals surface area (Å²) >= 11 is 1.86. The molecule has 0 bridgehead atoms. The minimum atomic E-state index is 1.10. The van der Waals surface area contributed by atoms with Crippen molar-refractivity contribution in [1.82, 2.24) is 4.57 Å². The zero-order chi connectivity index (χ0) is 40.3. The van der Waals surface area contributed by atoms with Gasteiger partial charge in [-0.15, -0.1) is 11.3 Å². The molecule has 12 aromatic rings. The molecule has 0 fully saturated rings. The molecule has 0 aliphatic carbocycles. The monoisotopic (exact) mass is 794 g/mol. The van der Waals surface area contributed by atoms with Gasteiger partial charge in [0.15, 0.2) is 0 Å². The molecule has 3 heteroatoms. The summed E-state index contributed by atoms with van der Waals surface area (Å²) in [6.45, 7) is 0. The van der Waals surface area contributed by atoms with E-state index in [4.69, 9.17) is 0 Å². The first-order valence-electron chi connectivity index (χ1n) is 20.8. The van der Waals surface area contributed by atoms with Crippen molar-refractivity contribution in [1.29, 1.82) is 0 Å². The van der Waals surface area contributed by atoms with Crippen molar-refractivity contribution in [3.63, 3.8) is 0 Å². The van der Waals surface area contributed by atoms with E-state index in [1.807, 2.05) is 11.3 Å². The minimum Gasteiger partial charge on any atom is -0.311 e. The van der Waals surface area contributed by atoms with E-state index in [9.17, 15) is 0 Å². The number of rotatable bonds is 7. The molecule has 286 valence electrons. The molecule has 0 amide bonds. The summed E-state index contributed by atoms with van der Waals surface area (Å²) in [5.74, 6) is 0. The van der Waals surface area contributed by atoms with Gasteiger partial charge in [0.2, 0.25) is 0 Å². The van der Waals surface area contributed by atoms with Gasteiger partial charge in [-0.1, -0.05) is 158 Å². The van der Waals surface area contributed by atoms with Crippen molar-refractivity contribution in [2.45, 2.75) is 0 Å². The van der Waals surface area contributed by atoms with Crippen LogP contribution in [0.2, 0.25) is 0 Å². The second-order valence-corrected chi connectivity index (χ2v) is 16.8. The third-order valence-corrected chi connectivity index (χ3v) is 13.3. The van der Waals surface area contributed by atoms with E-state index >= 15 is 0 Å². The molecule has 0 aliphatic heterocycles. The van der Waals surface area contributed by atoms with Gasteiger partial charge in [0, 0.05) is 59.1 Å². The lowest BCUT2D eigenvalue weighted by atomic mass is 10.0. The predicted octanol–water partition coefficient (Wildman–Crippen LogP) is 16.8. The summed E-state index contributed by atoms with van der Waals surface area (Å²) < 4.78 is 5.09. The maximum absolute atomic E-state index is 2.44. The summed E-state index contributed by atoms with van der Waals surface area (Å²) in [7, 11) is 0. The van der Waals surface area contributed by atoms with Crippen LogP contribution in [0.3, 0.4) is 0 Å². The molecule has 0 radical (unpaired) electrons. The lowest BCUT2D eigenvalue weighted by molar-refractivity contribution is 1.19. The Morgan fingerprint density at radius 3 is 1.49 bits per heavy atom. The van der Waals surface area contributed by atoms with Gasteiger partial charge in [-0.05, 0) is 112 Å². The highest BCUT2D eigenvalue weighted by Crippen LogP contribution is 2.42. The Morgan fingerprint density at radius 2 is 0.803 bits per heavy atom. The van der Waals surface area contributed by atoms with E-state index in [0.29, 0.717) is 0 Å². The quantitative estimate of drug-likeness (QED) is 0.156. The van der Waals surface area contributed by atoms with E-state index < -0.39 is 0 Å². The first-order chi connectivity index (χ1) is 30.2. The third-order valence-electron chi connectivity index (χ3n) is 12.2. The molecule has 0 spiro atoms. The molecule has 0 aliphatic rings. The second-order valence-electron chi connectivity index (χ2n) is 15.7. The topological polar surface area (TPSA) is 8.17 Å². The zero-order valence-electron chi connectivity index (χ0n) is 33.2. The van der Waals surface area contributed by atoms with Crippen LogP contribution in [0.4, 0.5) is 17.1 Å². The average Bonchev–Trinajstić information content (AvgIpc) is 3.88. The van der Waals surface area contributed by atoms with Gasteiger partial charge in [-0.3, -0.25) is 0 Å². The smallest absolute Gasteiger partial charge is 0.0619 e. The summed E-state index contributed by atoms with van der Waals surface area (Å²) in [5.41, 5.74) is 14.1. The van der Waals surface area contributed by atoms with E-state index in [0.717, 1.165) is 22.7 Å². The van der Waals surface area contributed by atoms with Crippen molar-refractivity contribution in [2.75, 3.05) is 4.90 Å². The zero-order valence-corrected chi connectivity index (χ0v) is 34.1. The summed E-state index contributed by atoms with van der Waals surface area (Å²) in [6, 6.07) is 84.1. The van der Waals surface area contributed by atoms with Gasteiger partial charge in [0.05, 0.1) is 11.0 Å². The summed E-state index contributed by atoms with van der Waals surface area (Å²) in [5, 5.41) is 7.65. The number of thiophene rings is 1. The number of hydrogen-bond donors (Lipinski definition) is 0. The standard InChI is InChI=1S/C58H38N2S/c1-3-11-39(12-4-1)40-19-28-47(29-20-40)59(48-30-21-41(22-31-48)44-27-36-57-54(37-44)52-17-9-10-18-56(52)61-57)49-32-23-42(24-33-49)45-26-34-51-53-35-25-43-13-7-8-16-50(43)58(53)60(55(51)38-45)46-14-5-2-6-15-46/h1-38H. The van der Waals surface area contributed by atoms with Gasteiger partial charge in [0.1, 0.15) is 0 Å². The lowest BCUT2D eigenvalue weighted by Crippen LogP contribution is -2.09. The average molecular weight is 795 g/mol. The minimum absolute atomic E-state index is 1.10. The Morgan fingerprint density at radius 1 is 0.311 bits per heavy atom. The van der Waals surface area contributed by atoms with E-state index in [2.05, 4.69) is 240 Å². The largest absolute Gasteiger partial charge is 0.311 e. The molecule has 0 N–H and O–H groups in total. The molecule has 2 aromatic heterocycles. The van der Waals surface area contributed by atoms with Crippen molar-refractivity contribution >= 4 is 81.1 Å². The molecule has 0 unspecified atom stereocenters. The maximum Gasteiger partial charge on any atom is 0.0619 e. The third kappa shape index (κ3) is 6.09. The number of benzene rings is 10. The number of aromatic nitrogens is 1. The highest BCUT2D eigenvalue weighted by atomic mass is 32.1. The normalized spacial score (nSPS) is 11.6. The maximum atomic E-state index is 2.44. The molecule has 2 nitrogen and oxygen atoms in total. The molecule has 10 aromatic carbocycles. The Labute approximate surface area is 358 Å². The second kappa shape index (κ2) is 14.5.